The van der Waals surface area contributed by atoms with Crippen LogP contribution in [0.3, 0.4) is 0 Å². The van der Waals surface area contributed by atoms with Crippen molar-refractivity contribution in [3.8, 4) is 0 Å². The SMILES string of the molecule is CC(C)(C)c1c2n(c3ccc(F)cc13)CCC2.CC(C)(C)c1c2n(c3ccc(F)cc13)CCOC2.CC(C)(C)c1c2n(c3ccccc13)C(C)(C)COC2.CC(C)(C)c1c2n(c3ccccc13)CCC2.CC(C)(C)c1c2n(c3ccccc13)CCOC2(C)C.CCc1cccc2c(C(C)(C)C)c3n(c12)CCOC3.Cc1ccc2c(C(C)(C)C)c3n(c2c1)CCOC3.Cc1ccc2c(C(C)(C)C)c3n(c2c1)CCOC3. The summed E-state index contributed by atoms with van der Waals surface area (Å²) in [7, 11) is 0. The highest BCUT2D eigenvalue weighted by Crippen LogP contribution is 2.49. The van der Waals surface area contributed by atoms with Gasteiger partial charge in [0, 0.05) is 167 Å². The van der Waals surface area contributed by atoms with Gasteiger partial charge in [0.1, 0.15) is 17.2 Å². The molecule has 8 aliphatic heterocycles. The van der Waals surface area contributed by atoms with Gasteiger partial charge in [0.05, 0.1) is 89.4 Å². The Morgan fingerprint density at radius 2 is 0.604 bits per heavy atom. The first kappa shape index (κ1) is 105. The predicted molar refractivity (Wildman–Crippen MR) is 597 cm³/mol. The average molecular weight is 1950 g/mol. The molecule has 144 heavy (non-hydrogen) atoms. The Morgan fingerprint density at radius 3 is 1.04 bits per heavy atom. The van der Waals surface area contributed by atoms with Crippen LogP contribution in [0.1, 0.15) is 320 Å². The third-order valence-corrected chi connectivity index (χ3v) is 30.6. The molecular formula is C128H166F2N8O6. The number of fused-ring (bicyclic) bond motifs is 24. The first-order valence-electron chi connectivity index (χ1n) is 53.6. The van der Waals surface area contributed by atoms with E-state index in [1.807, 2.05) is 12.1 Å². The van der Waals surface area contributed by atoms with Crippen LogP contribution in [0.4, 0.5) is 8.78 Å². The van der Waals surface area contributed by atoms with E-state index in [9.17, 15) is 8.78 Å². The molecule has 16 heteroatoms. The minimum atomic E-state index is -0.208. The lowest BCUT2D eigenvalue weighted by molar-refractivity contribution is -0.0506. The average Bonchev–Trinajstić information content (AvgIpc) is 1.56. The van der Waals surface area contributed by atoms with Crippen molar-refractivity contribution >= 4 is 87.2 Å². The largest absolute Gasteiger partial charge is 0.373 e. The molecule has 0 fully saturated rings. The van der Waals surface area contributed by atoms with E-state index in [2.05, 4.69) is 379 Å². The maximum Gasteiger partial charge on any atom is 0.123 e. The maximum absolute atomic E-state index is 13.5. The molecule has 0 saturated carbocycles. The molecule has 768 valence electrons. The lowest BCUT2D eigenvalue weighted by Gasteiger charge is -2.36. The van der Waals surface area contributed by atoms with Gasteiger partial charge in [-0.2, -0.15) is 0 Å². The first-order chi connectivity index (χ1) is 67.7. The number of aromatic nitrogens is 8. The van der Waals surface area contributed by atoms with Crippen LogP contribution >= 0.6 is 0 Å². The molecular weight excluding hydrogens is 1780 g/mol. The summed E-state index contributed by atoms with van der Waals surface area (Å²) in [5.41, 5.74) is 38.0. The van der Waals surface area contributed by atoms with E-state index in [0.29, 0.717) is 6.61 Å². The van der Waals surface area contributed by atoms with E-state index < -0.39 is 0 Å². The molecule has 0 atom stereocenters. The molecule has 0 saturated heterocycles. The first-order valence-corrected chi connectivity index (χ1v) is 53.6. The zero-order valence-electron chi connectivity index (χ0n) is 93.1. The molecule has 8 aliphatic rings. The molecule has 0 amide bonds. The summed E-state index contributed by atoms with van der Waals surface area (Å²) in [5.74, 6) is -0.302. The van der Waals surface area contributed by atoms with E-state index in [0.717, 1.165) is 134 Å². The van der Waals surface area contributed by atoms with E-state index in [1.165, 1.54) is 198 Å². The molecule has 0 radical (unpaired) electrons. The molecule has 0 spiro atoms. The molecule has 0 N–H and O–H groups in total. The summed E-state index contributed by atoms with van der Waals surface area (Å²) in [5, 5.41) is 10.6. The minimum absolute atomic E-state index is 0.00662. The number of para-hydroxylation sites is 4. The number of hydrogen-bond acceptors (Lipinski definition) is 6. The Balaban J connectivity index is 0.000000113. The molecule has 8 aromatic heterocycles. The van der Waals surface area contributed by atoms with Crippen LogP contribution < -0.4 is 0 Å². The van der Waals surface area contributed by atoms with Crippen molar-refractivity contribution in [2.75, 3.05) is 39.6 Å². The fourth-order valence-electron chi connectivity index (χ4n) is 25.5. The van der Waals surface area contributed by atoms with Crippen molar-refractivity contribution in [3.05, 3.63) is 282 Å². The van der Waals surface area contributed by atoms with Crippen molar-refractivity contribution in [1.29, 1.82) is 0 Å². The number of hydrogen-bond donors (Lipinski definition) is 0. The second kappa shape index (κ2) is 39.7. The van der Waals surface area contributed by atoms with Gasteiger partial charge in [0.15, 0.2) is 0 Å². The molecule has 16 heterocycles. The van der Waals surface area contributed by atoms with Gasteiger partial charge in [-0.25, -0.2) is 8.78 Å². The van der Waals surface area contributed by atoms with Crippen molar-refractivity contribution in [1.82, 2.24) is 36.5 Å². The Hall–Kier alpha value is -10.3. The van der Waals surface area contributed by atoms with Crippen LogP contribution in [0.25, 0.3) is 87.2 Å². The topological polar surface area (TPSA) is 94.8 Å². The smallest absolute Gasteiger partial charge is 0.123 e. The zero-order chi connectivity index (χ0) is 104. The minimum Gasteiger partial charge on any atom is -0.373 e. The quantitative estimate of drug-likeness (QED) is 0.162. The zero-order valence-corrected chi connectivity index (χ0v) is 93.1. The van der Waals surface area contributed by atoms with Gasteiger partial charge >= 0.3 is 0 Å². The molecule has 16 aromatic rings. The van der Waals surface area contributed by atoms with Gasteiger partial charge in [-0.05, 0) is 245 Å². The maximum atomic E-state index is 13.5. The fraction of sp³-hybridized carbons (Fsp3) is 0.500. The van der Waals surface area contributed by atoms with Crippen molar-refractivity contribution in [2.24, 2.45) is 0 Å². The predicted octanol–water partition coefficient (Wildman–Crippen LogP) is 31.5. The van der Waals surface area contributed by atoms with E-state index in [4.69, 9.17) is 28.4 Å². The van der Waals surface area contributed by atoms with Gasteiger partial charge in [-0.1, -0.05) is 270 Å². The van der Waals surface area contributed by atoms with Gasteiger partial charge in [-0.3, -0.25) is 0 Å². The normalized spacial score (nSPS) is 16.6. The van der Waals surface area contributed by atoms with E-state index >= 15 is 0 Å². The van der Waals surface area contributed by atoms with E-state index in [1.54, 1.807) is 29.5 Å². The monoisotopic (exact) mass is 1950 g/mol. The number of ether oxygens (including phenoxy) is 6. The Labute approximate surface area is 857 Å². The summed E-state index contributed by atoms with van der Waals surface area (Å²) in [6.45, 7) is 85.4. The molecule has 8 aromatic carbocycles. The van der Waals surface area contributed by atoms with Crippen LogP contribution in [0.2, 0.25) is 0 Å². The molecule has 0 bridgehead atoms. The summed E-state index contributed by atoms with van der Waals surface area (Å²) in [6, 6.07) is 56.9. The highest BCUT2D eigenvalue weighted by molar-refractivity contribution is 5.94. The second-order valence-electron chi connectivity index (χ2n) is 51.0. The van der Waals surface area contributed by atoms with Gasteiger partial charge < -0.3 is 65.0 Å². The molecule has 24 rings (SSSR count). The fourth-order valence-corrected chi connectivity index (χ4v) is 25.5. The van der Waals surface area contributed by atoms with Crippen molar-refractivity contribution < 1.29 is 37.2 Å². The van der Waals surface area contributed by atoms with Crippen LogP contribution in [-0.4, -0.2) is 76.2 Å². The van der Waals surface area contributed by atoms with Crippen LogP contribution in [-0.2, 0) is 181 Å². The third-order valence-electron chi connectivity index (χ3n) is 30.6. The Morgan fingerprint density at radius 1 is 0.285 bits per heavy atom. The van der Waals surface area contributed by atoms with Crippen molar-refractivity contribution in [2.45, 2.75) is 380 Å². The van der Waals surface area contributed by atoms with Gasteiger partial charge in [0.25, 0.3) is 0 Å². The summed E-state index contributed by atoms with van der Waals surface area (Å²) in [4.78, 5) is 0. The standard InChI is InChI=1S/3C17H23NO.2C16H21NO.C15H18FNO.C15H18FN.C15H19N/c1-16(2,3)15-12-8-6-7-9-13(12)18-14(15)10-19-11-17(18,4)5;1-16(2,3)14-12-8-6-7-9-13(12)18-10-11-19-17(4,5)15(14)18;1-5-12-7-6-8-13-15(17(2,3)4)14-11-19-10-9-18(14)16(12)13;2*1-11-5-6-12-13(9-11)17-7-8-18-10-14(17)15(12)16(2,3)4;1-15(2,3)14-11-8-10(16)4-5-12(11)17-6-7-18-9-13(14)17;1-15(2,3)14-11-9-10(16)6-7-12(11)17-8-4-5-13(14)17;1-15(2,3)14-11-7-4-5-8-12(11)16-10-6-9-13(14)16/h2*6-9H,10-11H2,1-5H3;6-8H,5,9-11H2,1-4H3;2*5-6,9H,7-8,10H2,1-4H3;4-5,8H,6-7,9H2,1-3H3;6-7,9H,4-5,8H2,1-3H3;4-5,7-8H,6,9-10H2,1-3H3. The highest BCUT2D eigenvalue weighted by Gasteiger charge is 2.41. The Kier molecular flexibility index (Phi) is 29.0. The highest BCUT2D eigenvalue weighted by atomic mass is 19.1. The number of benzene rings is 8. The lowest BCUT2D eigenvalue weighted by Crippen LogP contribution is -2.37. The van der Waals surface area contributed by atoms with E-state index in [-0.39, 0.29) is 66.1 Å². The third kappa shape index (κ3) is 20.3. The number of aryl methyl sites for hydroxylation is 5. The summed E-state index contributed by atoms with van der Waals surface area (Å²) in [6.07, 6.45) is 5.99. The van der Waals surface area contributed by atoms with Crippen LogP contribution in [0, 0.1) is 25.5 Å². The lowest BCUT2D eigenvalue weighted by atomic mass is 9.81. The van der Waals surface area contributed by atoms with Crippen LogP contribution in [0.15, 0.2) is 164 Å². The summed E-state index contributed by atoms with van der Waals surface area (Å²) >= 11 is 0. The molecule has 0 aliphatic carbocycles. The van der Waals surface area contributed by atoms with Gasteiger partial charge in [-0.15, -0.1) is 0 Å². The second-order valence-corrected chi connectivity index (χ2v) is 51.0. The number of rotatable bonds is 1. The molecule has 14 nitrogen and oxygen atoms in total. The number of halogens is 2. The van der Waals surface area contributed by atoms with Gasteiger partial charge in [0.2, 0.25) is 0 Å². The van der Waals surface area contributed by atoms with Crippen LogP contribution in [0.5, 0.6) is 0 Å². The Bertz CT molecular complexity index is 7300. The number of nitrogens with zero attached hydrogens (tertiary/aromatic N) is 8. The van der Waals surface area contributed by atoms with Crippen molar-refractivity contribution in [3.63, 3.8) is 0 Å². The molecule has 0 unspecified atom stereocenters. The summed E-state index contributed by atoms with van der Waals surface area (Å²) < 4.78 is 81.0.